The van der Waals surface area contributed by atoms with E-state index >= 15 is 0 Å². The van der Waals surface area contributed by atoms with Crippen LogP contribution < -0.4 is 5.32 Å². The second-order valence-corrected chi connectivity index (χ2v) is 11.2. The molecule has 2 aliphatic heterocycles. The Labute approximate surface area is 195 Å². The molecule has 1 N–H and O–H groups in total. The average Bonchev–Trinajstić information content (AvgIpc) is 2.94. The summed E-state index contributed by atoms with van der Waals surface area (Å²) in [7, 11) is 0. The minimum Gasteiger partial charge on any atom is -0.353 e. The number of amides is 3. The van der Waals surface area contributed by atoms with Crippen molar-refractivity contribution in [2.75, 3.05) is 32.7 Å². The van der Waals surface area contributed by atoms with Crippen molar-refractivity contribution >= 4 is 34.9 Å². The molecule has 0 aromatic heterocycles. The van der Waals surface area contributed by atoms with Crippen LogP contribution in [0.1, 0.15) is 52.2 Å². The predicted octanol–water partition coefficient (Wildman–Crippen LogP) is 4.11. The molecule has 2 aliphatic rings. The van der Waals surface area contributed by atoms with Crippen LogP contribution in [-0.4, -0.2) is 59.6 Å². The lowest BCUT2D eigenvalue weighted by atomic mass is 9.87. The van der Waals surface area contributed by atoms with E-state index in [0.717, 1.165) is 30.4 Å². The third-order valence-electron chi connectivity index (χ3n) is 5.92. The molecule has 0 spiro atoms. The van der Waals surface area contributed by atoms with Gasteiger partial charge in [0.15, 0.2) is 0 Å². The minimum atomic E-state index is -0.298. The maximum absolute atomic E-state index is 12.7. The Balaban J connectivity index is 1.50. The van der Waals surface area contributed by atoms with Gasteiger partial charge in [-0.05, 0) is 52.6 Å². The van der Waals surface area contributed by atoms with Crippen LogP contribution in [0.4, 0.5) is 4.79 Å². The number of imide groups is 1. The van der Waals surface area contributed by atoms with Gasteiger partial charge < -0.3 is 5.32 Å². The van der Waals surface area contributed by atoms with Gasteiger partial charge in [-0.2, -0.15) is 0 Å². The Bertz CT molecular complexity index is 879. The topological polar surface area (TPSA) is 69.7 Å². The van der Waals surface area contributed by atoms with Gasteiger partial charge in [0.05, 0.1) is 11.4 Å². The zero-order valence-electron chi connectivity index (χ0n) is 19.8. The van der Waals surface area contributed by atoms with E-state index in [1.54, 1.807) is 6.08 Å². The van der Waals surface area contributed by atoms with Gasteiger partial charge in [0.1, 0.15) is 0 Å². The van der Waals surface area contributed by atoms with E-state index in [9.17, 15) is 14.4 Å². The van der Waals surface area contributed by atoms with Gasteiger partial charge in [-0.25, -0.2) is 0 Å². The number of benzene rings is 1. The normalized spacial score (nSPS) is 23.8. The summed E-state index contributed by atoms with van der Waals surface area (Å²) in [5.41, 5.74) is 2.17. The number of carbonyl (C=O) groups excluding carboxylic acids is 3. The van der Waals surface area contributed by atoms with E-state index in [2.05, 4.69) is 57.0 Å². The highest BCUT2D eigenvalue weighted by molar-refractivity contribution is 8.18. The summed E-state index contributed by atoms with van der Waals surface area (Å²) in [4.78, 5) is 41.2. The summed E-state index contributed by atoms with van der Waals surface area (Å²) in [6.45, 7) is 13.6. The smallest absolute Gasteiger partial charge is 0.293 e. The maximum Gasteiger partial charge on any atom is 0.293 e. The first-order valence-corrected chi connectivity index (χ1v) is 12.2. The molecule has 174 valence electrons. The highest BCUT2D eigenvalue weighted by Gasteiger charge is 2.34. The lowest BCUT2D eigenvalue weighted by Crippen LogP contribution is -2.46. The zero-order chi connectivity index (χ0) is 23.5. The van der Waals surface area contributed by atoms with Crippen molar-refractivity contribution in [2.24, 2.45) is 11.8 Å². The van der Waals surface area contributed by atoms with Crippen molar-refractivity contribution in [1.82, 2.24) is 15.1 Å². The van der Waals surface area contributed by atoms with Crippen LogP contribution in [0.25, 0.3) is 6.08 Å². The van der Waals surface area contributed by atoms with Crippen LogP contribution >= 0.6 is 11.8 Å². The molecule has 7 heteroatoms. The highest BCUT2D eigenvalue weighted by atomic mass is 32.2. The Morgan fingerprint density at radius 3 is 2.34 bits per heavy atom. The quantitative estimate of drug-likeness (QED) is 0.651. The van der Waals surface area contributed by atoms with Crippen LogP contribution in [-0.2, 0) is 15.0 Å². The summed E-state index contributed by atoms with van der Waals surface area (Å²) in [5, 5.41) is 2.57. The van der Waals surface area contributed by atoms with Gasteiger partial charge in [-0.1, -0.05) is 58.9 Å². The van der Waals surface area contributed by atoms with Crippen LogP contribution in [0, 0.1) is 11.8 Å². The Morgan fingerprint density at radius 1 is 1.12 bits per heavy atom. The first-order chi connectivity index (χ1) is 15.0. The molecule has 3 amide bonds. The lowest BCUT2D eigenvalue weighted by molar-refractivity contribution is -0.125. The molecule has 2 heterocycles. The van der Waals surface area contributed by atoms with Gasteiger partial charge in [0.2, 0.25) is 5.91 Å². The third kappa shape index (κ3) is 6.45. The molecular formula is C25H35N3O3S. The number of nitrogens with one attached hydrogen (secondary N) is 1. The van der Waals surface area contributed by atoms with Gasteiger partial charge in [-0.15, -0.1) is 0 Å². The molecule has 1 aromatic carbocycles. The number of hydrogen-bond donors (Lipinski definition) is 1. The van der Waals surface area contributed by atoms with E-state index in [1.165, 1.54) is 16.9 Å². The third-order valence-corrected chi connectivity index (χ3v) is 6.82. The van der Waals surface area contributed by atoms with Crippen molar-refractivity contribution in [3.63, 3.8) is 0 Å². The van der Waals surface area contributed by atoms with Gasteiger partial charge in [0, 0.05) is 26.2 Å². The summed E-state index contributed by atoms with van der Waals surface area (Å²) in [6, 6.07) is 8.04. The number of nitrogens with zero attached hydrogens (tertiary/aromatic N) is 2. The number of thioether (sulfide) groups is 1. The molecule has 32 heavy (non-hydrogen) atoms. The average molecular weight is 458 g/mol. The second-order valence-electron chi connectivity index (χ2n) is 10.2. The molecule has 0 unspecified atom stereocenters. The summed E-state index contributed by atoms with van der Waals surface area (Å²) in [5.74, 6) is 0.831. The van der Waals surface area contributed by atoms with Crippen LogP contribution in [0.15, 0.2) is 29.2 Å². The van der Waals surface area contributed by atoms with E-state index in [1.807, 2.05) is 12.1 Å². The lowest BCUT2D eigenvalue weighted by Gasteiger charge is -2.34. The summed E-state index contributed by atoms with van der Waals surface area (Å²) >= 11 is 0.952. The van der Waals surface area contributed by atoms with E-state index in [-0.39, 0.29) is 35.6 Å². The van der Waals surface area contributed by atoms with Crippen molar-refractivity contribution in [3.05, 3.63) is 40.3 Å². The molecule has 3 rings (SSSR count). The van der Waals surface area contributed by atoms with Crippen LogP contribution in [0.5, 0.6) is 0 Å². The number of hydrogen-bond acceptors (Lipinski definition) is 5. The minimum absolute atomic E-state index is 0.0608. The standard InChI is InChI=1S/C25H35N3O3S/c1-17-12-18(2)15-27(14-17)16-22(29)26-10-11-28-23(30)21(32-24(28)31)13-19-6-8-20(9-7-19)25(3,4)5/h6-9,13,17-18H,10-12,14-16H2,1-5H3,(H,26,29)/b21-13+/t17-,18-/m1/s1. The molecule has 0 bridgehead atoms. The monoisotopic (exact) mass is 457 g/mol. The summed E-state index contributed by atoms with van der Waals surface area (Å²) < 4.78 is 0. The molecule has 1 aromatic rings. The van der Waals surface area contributed by atoms with Gasteiger partial charge in [-0.3, -0.25) is 24.2 Å². The fraction of sp³-hybridized carbons (Fsp3) is 0.560. The molecule has 2 atom stereocenters. The van der Waals surface area contributed by atoms with E-state index in [0.29, 0.717) is 23.3 Å². The fourth-order valence-electron chi connectivity index (χ4n) is 4.41. The SMILES string of the molecule is C[C@@H]1C[C@@H](C)CN(CC(=O)NCCN2C(=O)S/C(=C/c3ccc(C(C)(C)C)cc3)C2=O)C1. The molecule has 6 nitrogen and oxygen atoms in total. The van der Waals surface area contributed by atoms with Gasteiger partial charge >= 0.3 is 0 Å². The Kier molecular flexibility index (Phi) is 7.83. The molecule has 0 saturated carbocycles. The first kappa shape index (κ1) is 24.5. The Morgan fingerprint density at radius 2 is 1.75 bits per heavy atom. The first-order valence-electron chi connectivity index (χ1n) is 11.4. The van der Waals surface area contributed by atoms with E-state index in [4.69, 9.17) is 0 Å². The van der Waals surface area contributed by atoms with Crippen molar-refractivity contribution in [2.45, 2.75) is 46.5 Å². The van der Waals surface area contributed by atoms with E-state index < -0.39 is 0 Å². The maximum atomic E-state index is 12.7. The van der Waals surface area contributed by atoms with Gasteiger partial charge in [0.25, 0.3) is 11.1 Å². The van der Waals surface area contributed by atoms with Crippen molar-refractivity contribution in [1.29, 1.82) is 0 Å². The number of rotatable bonds is 6. The second kappa shape index (κ2) is 10.2. The summed E-state index contributed by atoms with van der Waals surface area (Å²) in [6.07, 6.45) is 2.96. The zero-order valence-corrected chi connectivity index (χ0v) is 20.6. The molecular weight excluding hydrogens is 422 g/mol. The highest BCUT2D eigenvalue weighted by Crippen LogP contribution is 2.32. The molecule has 2 fully saturated rings. The van der Waals surface area contributed by atoms with Crippen molar-refractivity contribution in [3.8, 4) is 0 Å². The molecule has 0 radical (unpaired) electrons. The fourth-order valence-corrected chi connectivity index (χ4v) is 5.28. The predicted molar refractivity (Wildman–Crippen MR) is 130 cm³/mol. The largest absolute Gasteiger partial charge is 0.353 e. The molecule has 0 aliphatic carbocycles. The van der Waals surface area contributed by atoms with Crippen LogP contribution in [0.2, 0.25) is 0 Å². The Hall–Kier alpha value is -2.12. The molecule has 2 saturated heterocycles. The number of piperidine rings is 1. The number of likely N-dealkylation sites (tertiary alicyclic amines) is 1. The van der Waals surface area contributed by atoms with Crippen molar-refractivity contribution < 1.29 is 14.4 Å². The van der Waals surface area contributed by atoms with Crippen LogP contribution in [0.3, 0.4) is 0 Å². The number of carbonyl (C=O) groups is 3.